The number of hydrogen-bond donors (Lipinski definition) is 0. The summed E-state index contributed by atoms with van der Waals surface area (Å²) in [5.41, 5.74) is 12.3. The van der Waals surface area contributed by atoms with Crippen molar-refractivity contribution in [3.05, 3.63) is 77.5 Å². The predicted molar refractivity (Wildman–Crippen MR) is 133 cm³/mol. The first-order valence-electron chi connectivity index (χ1n) is 11.4. The van der Waals surface area contributed by atoms with E-state index in [1.165, 1.54) is 61.0 Å². The fraction of sp³-hybridized carbons (Fsp3) is 0.300. The number of rotatable bonds is 1. The van der Waals surface area contributed by atoms with Crippen LogP contribution < -0.4 is 4.57 Å². The van der Waals surface area contributed by atoms with Gasteiger partial charge in [-0.05, 0) is 68.7 Å². The number of aromatic nitrogens is 1. The molecule has 0 N–H and O–H groups in total. The van der Waals surface area contributed by atoms with Crippen LogP contribution in [0.2, 0.25) is 0 Å². The van der Waals surface area contributed by atoms with Gasteiger partial charge in [-0.25, -0.2) is 4.57 Å². The zero-order valence-electron chi connectivity index (χ0n) is 19.8. The summed E-state index contributed by atoms with van der Waals surface area (Å²) in [6, 6.07) is 20.9. The van der Waals surface area contributed by atoms with Crippen molar-refractivity contribution in [1.82, 2.24) is 0 Å². The Bertz CT molecular complexity index is 1350. The minimum absolute atomic E-state index is 0.0950. The molecule has 0 radical (unpaired) electrons. The second-order valence-corrected chi connectivity index (χ2v) is 10.5. The summed E-state index contributed by atoms with van der Waals surface area (Å²) in [5.74, 6) is 0.499. The Balaban J connectivity index is 2.04. The molecule has 0 bridgehead atoms. The van der Waals surface area contributed by atoms with E-state index in [0.29, 0.717) is 5.92 Å². The molecule has 1 aliphatic carbocycles. The van der Waals surface area contributed by atoms with Crippen LogP contribution >= 0.6 is 0 Å². The SMILES string of the molecule is Cc1cc(C(C)C)cc2c1-c1c3c(cc(C(C)(C)C)cc3cc[n+]1C)-c1ccccc1-2. The van der Waals surface area contributed by atoms with E-state index in [0.717, 1.165) is 0 Å². The largest absolute Gasteiger partial charge is 0.221 e. The molecule has 0 spiro atoms. The molecule has 5 rings (SSSR count). The molecule has 1 aliphatic rings. The van der Waals surface area contributed by atoms with Crippen molar-refractivity contribution in [3.8, 4) is 33.5 Å². The highest BCUT2D eigenvalue weighted by atomic mass is 14.9. The third-order valence-corrected chi connectivity index (χ3v) is 6.87. The van der Waals surface area contributed by atoms with Gasteiger partial charge in [-0.2, -0.15) is 0 Å². The zero-order chi connectivity index (χ0) is 22.1. The molecule has 1 heteroatoms. The van der Waals surface area contributed by atoms with Crippen LogP contribution in [-0.2, 0) is 12.5 Å². The van der Waals surface area contributed by atoms with Gasteiger partial charge in [0.15, 0.2) is 6.20 Å². The Kier molecular flexibility index (Phi) is 4.38. The van der Waals surface area contributed by atoms with Crippen LogP contribution in [-0.4, -0.2) is 0 Å². The van der Waals surface area contributed by atoms with Crippen molar-refractivity contribution < 1.29 is 4.57 Å². The lowest BCUT2D eigenvalue weighted by Crippen LogP contribution is -2.31. The first-order chi connectivity index (χ1) is 14.7. The standard InChI is InChI=1S/C30H32N/c1-18(2)21-14-19(3)27-25(16-21)23-10-8-9-11-24(23)26-17-22(30(4,5)6)15-20-12-13-31(7)29(27)28(20)26/h8-18H,1-7H3/q+1. The van der Waals surface area contributed by atoms with E-state index in [1.54, 1.807) is 0 Å². The predicted octanol–water partition coefficient (Wildman–Crippen LogP) is 7.71. The monoisotopic (exact) mass is 406 g/mol. The minimum Gasteiger partial charge on any atom is -0.200 e. The highest BCUT2D eigenvalue weighted by molar-refractivity contribution is 6.12. The maximum absolute atomic E-state index is 2.44. The van der Waals surface area contributed by atoms with Gasteiger partial charge in [0.2, 0.25) is 5.69 Å². The Hall–Kier alpha value is -2.93. The van der Waals surface area contributed by atoms with Crippen molar-refractivity contribution in [1.29, 1.82) is 0 Å². The molecule has 1 nitrogen and oxygen atoms in total. The highest BCUT2D eigenvalue weighted by Gasteiger charge is 2.30. The summed E-state index contributed by atoms with van der Waals surface area (Å²) < 4.78 is 2.31. The molecule has 0 aliphatic heterocycles. The van der Waals surface area contributed by atoms with Gasteiger partial charge in [0, 0.05) is 6.07 Å². The highest BCUT2D eigenvalue weighted by Crippen LogP contribution is 2.49. The zero-order valence-corrected chi connectivity index (χ0v) is 19.8. The second-order valence-electron chi connectivity index (χ2n) is 10.5. The van der Waals surface area contributed by atoms with E-state index in [2.05, 4.69) is 114 Å². The molecular formula is C30H32N+. The van der Waals surface area contributed by atoms with Crippen LogP contribution in [0.1, 0.15) is 57.2 Å². The summed E-state index contributed by atoms with van der Waals surface area (Å²) >= 11 is 0. The number of benzene rings is 3. The lowest BCUT2D eigenvalue weighted by molar-refractivity contribution is -0.659. The van der Waals surface area contributed by atoms with Crippen LogP contribution in [0, 0.1) is 6.92 Å². The summed E-state index contributed by atoms with van der Waals surface area (Å²) in [5, 5.41) is 2.69. The lowest BCUT2D eigenvalue weighted by atomic mass is 9.83. The minimum atomic E-state index is 0.0950. The first-order valence-corrected chi connectivity index (χ1v) is 11.4. The molecule has 0 fully saturated rings. The number of fused-ring (bicyclic) bond motifs is 5. The van der Waals surface area contributed by atoms with Gasteiger partial charge in [-0.3, -0.25) is 0 Å². The molecule has 1 aromatic heterocycles. The van der Waals surface area contributed by atoms with Crippen LogP contribution in [0.4, 0.5) is 0 Å². The van der Waals surface area contributed by atoms with E-state index in [9.17, 15) is 0 Å². The lowest BCUT2D eigenvalue weighted by Gasteiger charge is -2.21. The van der Waals surface area contributed by atoms with E-state index in [1.807, 2.05) is 0 Å². The van der Waals surface area contributed by atoms with Crippen LogP contribution in [0.15, 0.2) is 60.8 Å². The van der Waals surface area contributed by atoms with E-state index in [4.69, 9.17) is 0 Å². The maximum Gasteiger partial charge on any atom is 0.221 e. The Morgan fingerprint density at radius 2 is 1.48 bits per heavy atom. The molecule has 4 aromatic rings. The molecule has 31 heavy (non-hydrogen) atoms. The summed E-state index contributed by atoms with van der Waals surface area (Å²) in [4.78, 5) is 0. The molecule has 0 unspecified atom stereocenters. The molecule has 0 amide bonds. The van der Waals surface area contributed by atoms with Gasteiger partial charge in [-0.15, -0.1) is 0 Å². The van der Waals surface area contributed by atoms with Crippen LogP contribution in [0.5, 0.6) is 0 Å². The van der Waals surface area contributed by atoms with Crippen molar-refractivity contribution in [2.24, 2.45) is 7.05 Å². The quantitative estimate of drug-likeness (QED) is 0.251. The molecule has 156 valence electrons. The average Bonchev–Trinajstić information content (AvgIpc) is 2.84. The summed E-state index contributed by atoms with van der Waals surface area (Å²) in [6.07, 6.45) is 2.23. The fourth-order valence-electron chi connectivity index (χ4n) is 5.08. The molecule has 3 aromatic carbocycles. The van der Waals surface area contributed by atoms with Gasteiger partial charge < -0.3 is 0 Å². The topological polar surface area (TPSA) is 3.88 Å². The normalized spacial score (nSPS) is 12.6. The van der Waals surface area contributed by atoms with Gasteiger partial charge in [0.25, 0.3) is 0 Å². The van der Waals surface area contributed by atoms with E-state index in [-0.39, 0.29) is 5.41 Å². The second kappa shape index (κ2) is 6.79. The number of nitrogens with zero attached hydrogens (tertiary/aromatic N) is 1. The first kappa shape index (κ1) is 20.0. The fourth-order valence-corrected chi connectivity index (χ4v) is 5.08. The third-order valence-electron chi connectivity index (χ3n) is 6.87. The van der Waals surface area contributed by atoms with E-state index < -0.39 is 0 Å². The number of aryl methyl sites for hydroxylation is 2. The van der Waals surface area contributed by atoms with Crippen LogP contribution in [0.25, 0.3) is 44.3 Å². The van der Waals surface area contributed by atoms with Crippen LogP contribution in [0.3, 0.4) is 0 Å². The van der Waals surface area contributed by atoms with Gasteiger partial charge in [0.05, 0.1) is 10.9 Å². The third kappa shape index (κ3) is 3.02. The van der Waals surface area contributed by atoms with Gasteiger partial charge in [0.1, 0.15) is 7.05 Å². The number of hydrogen-bond acceptors (Lipinski definition) is 0. The molecule has 0 saturated carbocycles. The van der Waals surface area contributed by atoms with Crippen molar-refractivity contribution >= 4 is 10.8 Å². The van der Waals surface area contributed by atoms with Crippen molar-refractivity contribution in [2.75, 3.05) is 0 Å². The van der Waals surface area contributed by atoms with E-state index >= 15 is 0 Å². The maximum atomic E-state index is 2.44. The molecule has 0 atom stereocenters. The Morgan fingerprint density at radius 3 is 2.13 bits per heavy atom. The Morgan fingerprint density at radius 1 is 0.806 bits per heavy atom. The smallest absolute Gasteiger partial charge is 0.200 e. The van der Waals surface area contributed by atoms with Crippen molar-refractivity contribution in [2.45, 2.75) is 52.9 Å². The average molecular weight is 407 g/mol. The number of pyridine rings is 1. The summed E-state index contributed by atoms with van der Waals surface area (Å²) in [6.45, 7) is 13.8. The molecule has 0 saturated heterocycles. The summed E-state index contributed by atoms with van der Waals surface area (Å²) in [7, 11) is 2.19. The molecular weight excluding hydrogens is 374 g/mol. The van der Waals surface area contributed by atoms with Gasteiger partial charge in [-0.1, -0.05) is 77.1 Å². The van der Waals surface area contributed by atoms with Gasteiger partial charge >= 0.3 is 0 Å². The molecule has 1 heterocycles. The van der Waals surface area contributed by atoms with Crippen molar-refractivity contribution in [3.63, 3.8) is 0 Å². The Labute approximate surface area is 186 Å².